The number of nitrogens with zero attached hydrogens (tertiary/aromatic N) is 3. The molecule has 4 rings (SSSR count). The number of esters is 1. The molecule has 3 aromatic carbocycles. The Morgan fingerprint density at radius 3 is 2.28 bits per heavy atom. The Morgan fingerprint density at radius 1 is 0.931 bits per heavy atom. The third kappa shape index (κ3) is 4.21. The molecule has 1 aromatic heterocycles. The fourth-order valence-electron chi connectivity index (χ4n) is 2.94. The van der Waals surface area contributed by atoms with E-state index in [0.29, 0.717) is 11.5 Å². The molecule has 29 heavy (non-hydrogen) atoms. The fourth-order valence-corrected chi connectivity index (χ4v) is 2.94. The smallest absolute Gasteiger partial charge is 0.378 e. The van der Waals surface area contributed by atoms with E-state index < -0.39 is 5.97 Å². The van der Waals surface area contributed by atoms with Crippen molar-refractivity contribution < 1.29 is 13.9 Å². The zero-order valence-electron chi connectivity index (χ0n) is 15.7. The third-order valence-corrected chi connectivity index (χ3v) is 4.45. The lowest BCUT2D eigenvalue weighted by Crippen LogP contribution is -2.08. The summed E-state index contributed by atoms with van der Waals surface area (Å²) in [5.74, 6) is -0.478. The first-order valence-corrected chi connectivity index (χ1v) is 9.11. The van der Waals surface area contributed by atoms with E-state index in [-0.39, 0.29) is 18.2 Å². The van der Waals surface area contributed by atoms with Crippen LogP contribution in [-0.4, -0.2) is 20.7 Å². The molecular weight excluding hydrogens is 369 g/mol. The molecule has 0 bridgehead atoms. The van der Waals surface area contributed by atoms with Gasteiger partial charge in [0.1, 0.15) is 18.2 Å². The molecule has 1 heterocycles. The van der Waals surface area contributed by atoms with Crippen LogP contribution in [0.5, 0.6) is 0 Å². The lowest BCUT2D eigenvalue weighted by Gasteiger charge is -2.05. The summed E-state index contributed by atoms with van der Waals surface area (Å²) in [5.41, 5.74) is 3.71. The van der Waals surface area contributed by atoms with E-state index in [9.17, 15) is 9.18 Å². The van der Waals surface area contributed by atoms with Gasteiger partial charge in [0.25, 0.3) is 5.82 Å². The number of aromatic nitrogens is 3. The zero-order chi connectivity index (χ0) is 20.2. The monoisotopic (exact) mass is 387 g/mol. The Labute approximate surface area is 167 Å². The van der Waals surface area contributed by atoms with Gasteiger partial charge in [-0.2, -0.15) is 0 Å². The highest BCUT2D eigenvalue weighted by molar-refractivity contribution is 5.85. The van der Waals surface area contributed by atoms with Crippen molar-refractivity contribution in [2.45, 2.75) is 13.5 Å². The van der Waals surface area contributed by atoms with Crippen LogP contribution in [0.3, 0.4) is 0 Å². The second kappa shape index (κ2) is 8.06. The van der Waals surface area contributed by atoms with Crippen molar-refractivity contribution in [3.8, 4) is 16.8 Å². The van der Waals surface area contributed by atoms with E-state index in [1.54, 1.807) is 19.1 Å². The van der Waals surface area contributed by atoms with Gasteiger partial charge < -0.3 is 4.74 Å². The maximum atomic E-state index is 13.1. The molecule has 0 aliphatic carbocycles. The highest BCUT2D eigenvalue weighted by Crippen LogP contribution is 2.19. The fraction of sp³-hybridized carbons (Fsp3) is 0.0870. The average molecular weight is 387 g/mol. The van der Waals surface area contributed by atoms with Crippen LogP contribution >= 0.6 is 0 Å². The molecule has 0 unspecified atom stereocenters. The van der Waals surface area contributed by atoms with E-state index in [0.717, 1.165) is 16.7 Å². The number of aryl methyl sites for hydroxylation is 1. The van der Waals surface area contributed by atoms with Crippen molar-refractivity contribution in [3.05, 3.63) is 102 Å². The molecule has 4 aromatic rings. The number of carbonyl (C=O) groups is 1. The minimum Gasteiger partial charge on any atom is -0.455 e. The van der Waals surface area contributed by atoms with Gasteiger partial charge in [-0.05, 0) is 47.9 Å². The van der Waals surface area contributed by atoms with Crippen LogP contribution in [0, 0.1) is 12.7 Å². The minimum atomic E-state index is -0.610. The third-order valence-electron chi connectivity index (χ3n) is 4.45. The van der Waals surface area contributed by atoms with Gasteiger partial charge >= 0.3 is 5.97 Å². The van der Waals surface area contributed by atoms with E-state index in [4.69, 9.17) is 4.74 Å². The van der Waals surface area contributed by atoms with Crippen LogP contribution in [-0.2, 0) is 11.3 Å². The number of halogens is 1. The van der Waals surface area contributed by atoms with Gasteiger partial charge in [-0.25, -0.2) is 18.9 Å². The normalized spacial score (nSPS) is 10.7. The molecule has 0 radical (unpaired) electrons. The van der Waals surface area contributed by atoms with Gasteiger partial charge in [0.15, 0.2) is 0 Å². The van der Waals surface area contributed by atoms with Crippen molar-refractivity contribution >= 4 is 5.97 Å². The van der Waals surface area contributed by atoms with Crippen LogP contribution in [0.2, 0.25) is 0 Å². The standard InChI is InChI=1S/C23H18FN3O2/c1-16-25-22(26-27(16)21-13-11-20(24)12-14-21)23(28)29-15-17-7-9-19(10-8-17)18-5-3-2-4-6-18/h2-14H,15H2,1H3. The van der Waals surface area contributed by atoms with Gasteiger partial charge in [0, 0.05) is 0 Å². The molecule has 0 saturated heterocycles. The summed E-state index contributed by atoms with van der Waals surface area (Å²) in [7, 11) is 0. The molecule has 144 valence electrons. The van der Waals surface area contributed by atoms with Gasteiger partial charge in [-0.3, -0.25) is 0 Å². The molecule has 0 aliphatic heterocycles. The summed E-state index contributed by atoms with van der Waals surface area (Å²) in [6, 6.07) is 23.7. The quantitative estimate of drug-likeness (QED) is 0.464. The van der Waals surface area contributed by atoms with Crippen LogP contribution in [0.1, 0.15) is 22.0 Å². The molecule has 0 amide bonds. The number of hydrogen-bond acceptors (Lipinski definition) is 4. The second-order valence-corrected chi connectivity index (χ2v) is 6.51. The van der Waals surface area contributed by atoms with Gasteiger partial charge in [0.2, 0.25) is 0 Å². The topological polar surface area (TPSA) is 57.0 Å². The summed E-state index contributed by atoms with van der Waals surface area (Å²) in [6.07, 6.45) is 0. The summed E-state index contributed by atoms with van der Waals surface area (Å²) < 4.78 is 19.9. The van der Waals surface area contributed by atoms with E-state index >= 15 is 0 Å². The van der Waals surface area contributed by atoms with E-state index in [1.165, 1.54) is 16.8 Å². The van der Waals surface area contributed by atoms with Gasteiger partial charge in [-0.1, -0.05) is 54.6 Å². The average Bonchev–Trinajstić information content (AvgIpc) is 3.15. The maximum Gasteiger partial charge on any atom is 0.378 e. The van der Waals surface area contributed by atoms with Crippen molar-refractivity contribution in [2.75, 3.05) is 0 Å². The summed E-state index contributed by atoms with van der Waals surface area (Å²) in [5, 5.41) is 4.18. The molecule has 0 spiro atoms. The number of carbonyl (C=O) groups excluding carboxylic acids is 1. The van der Waals surface area contributed by atoms with Crippen LogP contribution in [0.4, 0.5) is 4.39 Å². The number of ether oxygens (including phenoxy) is 1. The first-order chi connectivity index (χ1) is 14.1. The predicted molar refractivity (Wildman–Crippen MR) is 107 cm³/mol. The summed E-state index contributed by atoms with van der Waals surface area (Å²) >= 11 is 0. The molecule has 0 aliphatic rings. The molecule has 6 heteroatoms. The van der Waals surface area contributed by atoms with Crippen LogP contribution in [0.15, 0.2) is 78.9 Å². The SMILES string of the molecule is Cc1nc(C(=O)OCc2ccc(-c3ccccc3)cc2)nn1-c1ccc(F)cc1. The van der Waals surface area contributed by atoms with Crippen molar-refractivity contribution in [1.29, 1.82) is 0 Å². The van der Waals surface area contributed by atoms with Crippen molar-refractivity contribution in [3.63, 3.8) is 0 Å². The van der Waals surface area contributed by atoms with Gasteiger partial charge in [-0.15, -0.1) is 5.10 Å². The number of rotatable bonds is 5. The second-order valence-electron chi connectivity index (χ2n) is 6.51. The highest BCUT2D eigenvalue weighted by atomic mass is 19.1. The number of hydrogen-bond donors (Lipinski definition) is 0. The molecule has 0 N–H and O–H groups in total. The first-order valence-electron chi connectivity index (χ1n) is 9.11. The molecule has 0 fully saturated rings. The van der Waals surface area contributed by atoms with Crippen molar-refractivity contribution in [1.82, 2.24) is 14.8 Å². The Balaban J connectivity index is 1.42. The van der Waals surface area contributed by atoms with Crippen LogP contribution < -0.4 is 0 Å². The van der Waals surface area contributed by atoms with Crippen LogP contribution in [0.25, 0.3) is 16.8 Å². The maximum absolute atomic E-state index is 13.1. The van der Waals surface area contributed by atoms with E-state index in [1.807, 2.05) is 54.6 Å². The van der Waals surface area contributed by atoms with E-state index in [2.05, 4.69) is 10.1 Å². The van der Waals surface area contributed by atoms with Gasteiger partial charge in [0.05, 0.1) is 5.69 Å². The van der Waals surface area contributed by atoms with Crippen molar-refractivity contribution in [2.24, 2.45) is 0 Å². The molecule has 0 atom stereocenters. The first kappa shape index (κ1) is 18.6. The summed E-state index contributed by atoms with van der Waals surface area (Å²) in [4.78, 5) is 16.5. The Bertz CT molecular complexity index is 1120. The molecule has 0 saturated carbocycles. The Morgan fingerprint density at radius 2 is 1.59 bits per heavy atom. The number of benzene rings is 3. The summed E-state index contributed by atoms with van der Waals surface area (Å²) in [6.45, 7) is 1.84. The predicted octanol–water partition coefficient (Wildman–Crippen LogP) is 4.74. The zero-order valence-corrected chi connectivity index (χ0v) is 15.7. The lowest BCUT2D eigenvalue weighted by molar-refractivity contribution is 0.0458. The Kier molecular flexibility index (Phi) is 5.16. The molecular formula is C23H18FN3O2. The highest BCUT2D eigenvalue weighted by Gasteiger charge is 2.17. The largest absolute Gasteiger partial charge is 0.455 e. The lowest BCUT2D eigenvalue weighted by atomic mass is 10.0. The Hall–Kier alpha value is -3.80. The minimum absolute atomic E-state index is 0.0345. The molecule has 5 nitrogen and oxygen atoms in total.